The molecule has 0 amide bonds. The number of carbonyl (C=O) groups is 2. The normalized spacial score (nSPS) is 10.9. The van der Waals surface area contributed by atoms with Gasteiger partial charge < -0.3 is 14.2 Å². The summed E-state index contributed by atoms with van der Waals surface area (Å²) in [5.74, 6) is 0.666. The van der Waals surface area contributed by atoms with Crippen molar-refractivity contribution in [2.75, 3.05) is 21.3 Å². The van der Waals surface area contributed by atoms with E-state index in [-0.39, 0.29) is 11.1 Å². The molecule has 0 atom stereocenters. The Bertz CT molecular complexity index is 738. The van der Waals surface area contributed by atoms with Gasteiger partial charge >= 0.3 is 0 Å². The molecule has 5 heteroatoms. The molecule has 0 saturated heterocycles. The van der Waals surface area contributed by atoms with Gasteiger partial charge in [-0.25, -0.2) is 0 Å². The smallest absolute Gasteiger partial charge is 0.203 e. The number of Topliss-reactive ketones (excluding diaryl/α,β-unsaturated/α-hetero) is 1. The van der Waals surface area contributed by atoms with E-state index in [0.717, 1.165) is 5.56 Å². The first-order chi connectivity index (χ1) is 11.6. The lowest BCUT2D eigenvalue weighted by Gasteiger charge is -2.13. The Morgan fingerprint density at radius 1 is 0.917 bits per heavy atom. The Hall–Kier alpha value is -3.08. The summed E-state index contributed by atoms with van der Waals surface area (Å²) in [4.78, 5) is 24.0. The number of methoxy groups -OCH3 is 3. The molecule has 0 aliphatic rings. The first kappa shape index (κ1) is 17.3. The molecule has 0 unspecified atom stereocenters. The summed E-state index contributed by atoms with van der Waals surface area (Å²) in [7, 11) is 4.41. The van der Waals surface area contributed by atoms with Crippen LogP contribution in [0.4, 0.5) is 0 Å². The summed E-state index contributed by atoms with van der Waals surface area (Å²) >= 11 is 0. The number of carbonyl (C=O) groups excluding carboxylic acids is 2. The van der Waals surface area contributed by atoms with Crippen LogP contribution in [0.2, 0.25) is 0 Å². The molecule has 0 heterocycles. The van der Waals surface area contributed by atoms with Gasteiger partial charge in [-0.2, -0.15) is 0 Å². The molecule has 0 spiro atoms. The second-order valence-corrected chi connectivity index (χ2v) is 4.87. The van der Waals surface area contributed by atoms with E-state index in [4.69, 9.17) is 14.2 Å². The van der Waals surface area contributed by atoms with Crippen LogP contribution < -0.4 is 14.2 Å². The Morgan fingerprint density at radius 3 is 1.96 bits per heavy atom. The maximum absolute atomic E-state index is 12.7. The third-order valence-corrected chi connectivity index (χ3v) is 3.44. The van der Waals surface area contributed by atoms with Gasteiger partial charge in [0.2, 0.25) is 5.75 Å². The van der Waals surface area contributed by atoms with Crippen molar-refractivity contribution in [1.29, 1.82) is 0 Å². The lowest BCUT2D eigenvalue weighted by atomic mass is 10.0. The number of benzene rings is 2. The molecular formula is C19H18O5. The van der Waals surface area contributed by atoms with Gasteiger partial charge in [-0.05, 0) is 23.8 Å². The molecule has 124 valence electrons. The number of hydrogen-bond acceptors (Lipinski definition) is 5. The Kier molecular flexibility index (Phi) is 5.73. The maximum Gasteiger partial charge on any atom is 0.203 e. The fraction of sp³-hybridized carbons (Fsp3) is 0.158. The van der Waals surface area contributed by atoms with Crippen molar-refractivity contribution < 1.29 is 23.8 Å². The molecule has 0 radical (unpaired) electrons. The minimum atomic E-state index is -0.423. The van der Waals surface area contributed by atoms with Crippen LogP contribution in [0.3, 0.4) is 0 Å². The Morgan fingerprint density at radius 2 is 1.50 bits per heavy atom. The van der Waals surface area contributed by atoms with E-state index < -0.39 is 5.78 Å². The highest BCUT2D eigenvalue weighted by Crippen LogP contribution is 2.38. The molecule has 0 bridgehead atoms. The minimum Gasteiger partial charge on any atom is -0.493 e. The van der Waals surface area contributed by atoms with Crippen molar-refractivity contribution in [1.82, 2.24) is 0 Å². The van der Waals surface area contributed by atoms with Crippen molar-refractivity contribution in [2.45, 2.75) is 0 Å². The molecule has 2 aromatic rings. The molecule has 0 aliphatic carbocycles. The van der Waals surface area contributed by atoms with Crippen molar-refractivity contribution in [3.8, 4) is 17.2 Å². The number of ether oxygens (including phenoxy) is 3. The number of aldehydes is 1. The van der Waals surface area contributed by atoms with Gasteiger partial charge in [0, 0.05) is 5.56 Å². The number of allylic oxidation sites excluding steroid dienone is 1. The van der Waals surface area contributed by atoms with Crippen LogP contribution in [0.25, 0.3) is 6.08 Å². The molecule has 0 saturated carbocycles. The fourth-order valence-electron chi connectivity index (χ4n) is 2.26. The lowest BCUT2D eigenvalue weighted by molar-refractivity contribution is -0.104. The van der Waals surface area contributed by atoms with Crippen LogP contribution in [-0.2, 0) is 4.79 Å². The molecule has 0 fully saturated rings. The van der Waals surface area contributed by atoms with Crippen LogP contribution >= 0.6 is 0 Å². The maximum atomic E-state index is 12.7. The topological polar surface area (TPSA) is 61.8 Å². The van der Waals surface area contributed by atoms with Crippen molar-refractivity contribution >= 4 is 18.1 Å². The summed E-state index contributed by atoms with van der Waals surface area (Å²) in [6.45, 7) is 0. The summed E-state index contributed by atoms with van der Waals surface area (Å²) in [6.07, 6.45) is 2.08. The number of rotatable bonds is 7. The summed E-state index contributed by atoms with van der Waals surface area (Å²) in [6, 6.07) is 12.2. The molecule has 5 nitrogen and oxygen atoms in total. The number of hydrogen-bond donors (Lipinski definition) is 0. The highest BCUT2D eigenvalue weighted by molar-refractivity contribution is 6.23. The molecule has 0 aliphatic heterocycles. The quantitative estimate of drug-likeness (QED) is 0.257. The number of ketones is 1. The van der Waals surface area contributed by atoms with E-state index in [9.17, 15) is 9.59 Å². The van der Waals surface area contributed by atoms with Crippen molar-refractivity contribution in [3.63, 3.8) is 0 Å². The summed E-state index contributed by atoms with van der Waals surface area (Å²) < 4.78 is 15.7. The van der Waals surface area contributed by atoms with Crippen LogP contribution in [0.15, 0.2) is 48.0 Å². The van der Waals surface area contributed by atoms with Crippen LogP contribution in [0, 0.1) is 0 Å². The third kappa shape index (κ3) is 3.63. The highest BCUT2D eigenvalue weighted by atomic mass is 16.5. The van der Waals surface area contributed by atoms with Gasteiger partial charge in [0.1, 0.15) is 0 Å². The standard InChI is InChI=1S/C19H18O5/c1-22-16-10-14(11-17(23-2)19(16)24-3)18(21)15(12-20)9-13-7-5-4-6-8-13/h4-12H,1-3H3/b15-9+. The molecule has 2 rings (SSSR count). The molecule has 0 N–H and O–H groups in total. The van der Waals surface area contributed by atoms with E-state index in [1.807, 2.05) is 30.3 Å². The van der Waals surface area contributed by atoms with Crippen molar-refractivity contribution in [3.05, 3.63) is 59.2 Å². The van der Waals surface area contributed by atoms with Crippen LogP contribution in [-0.4, -0.2) is 33.4 Å². The van der Waals surface area contributed by atoms with Crippen LogP contribution in [0.5, 0.6) is 17.2 Å². The second kappa shape index (κ2) is 7.97. The second-order valence-electron chi connectivity index (χ2n) is 4.87. The van der Waals surface area contributed by atoms with E-state index in [2.05, 4.69) is 0 Å². The monoisotopic (exact) mass is 326 g/mol. The Balaban J connectivity index is 2.48. The summed E-state index contributed by atoms with van der Waals surface area (Å²) in [5.41, 5.74) is 1.08. The Labute approximate surface area is 140 Å². The zero-order valence-electron chi connectivity index (χ0n) is 13.7. The predicted octanol–water partition coefficient (Wildman–Crippen LogP) is 3.18. The highest BCUT2D eigenvalue weighted by Gasteiger charge is 2.19. The molecule has 24 heavy (non-hydrogen) atoms. The molecular weight excluding hydrogens is 308 g/mol. The lowest BCUT2D eigenvalue weighted by Crippen LogP contribution is -2.06. The van der Waals surface area contributed by atoms with Crippen LogP contribution in [0.1, 0.15) is 15.9 Å². The van der Waals surface area contributed by atoms with E-state index in [1.54, 1.807) is 6.08 Å². The minimum absolute atomic E-state index is 0.0375. The third-order valence-electron chi connectivity index (χ3n) is 3.44. The zero-order valence-corrected chi connectivity index (χ0v) is 13.7. The molecule has 0 aromatic heterocycles. The van der Waals surface area contributed by atoms with Crippen molar-refractivity contribution in [2.24, 2.45) is 0 Å². The van der Waals surface area contributed by atoms with E-state index in [0.29, 0.717) is 23.5 Å². The van der Waals surface area contributed by atoms with E-state index >= 15 is 0 Å². The van der Waals surface area contributed by atoms with Gasteiger partial charge in [0.15, 0.2) is 23.6 Å². The molecule has 2 aromatic carbocycles. The summed E-state index contributed by atoms with van der Waals surface area (Å²) in [5, 5.41) is 0. The van der Waals surface area contributed by atoms with Gasteiger partial charge in [-0.1, -0.05) is 30.3 Å². The SMILES string of the molecule is COc1cc(C(=O)/C(C=O)=C/c2ccccc2)cc(OC)c1OC. The van der Waals surface area contributed by atoms with Gasteiger partial charge in [-0.3, -0.25) is 9.59 Å². The van der Waals surface area contributed by atoms with E-state index in [1.165, 1.54) is 33.5 Å². The fourth-order valence-corrected chi connectivity index (χ4v) is 2.26. The first-order valence-corrected chi connectivity index (χ1v) is 7.21. The largest absolute Gasteiger partial charge is 0.493 e. The van der Waals surface area contributed by atoms with Gasteiger partial charge in [0.05, 0.1) is 26.9 Å². The first-order valence-electron chi connectivity index (χ1n) is 7.21. The average Bonchev–Trinajstić information content (AvgIpc) is 2.64. The average molecular weight is 326 g/mol. The van der Waals surface area contributed by atoms with Gasteiger partial charge in [0.25, 0.3) is 0 Å². The van der Waals surface area contributed by atoms with Gasteiger partial charge in [-0.15, -0.1) is 0 Å². The zero-order chi connectivity index (χ0) is 17.5. The predicted molar refractivity (Wildman–Crippen MR) is 90.9 cm³/mol.